The van der Waals surface area contributed by atoms with Gasteiger partial charge in [-0.2, -0.15) is 5.10 Å². The molecule has 0 atom stereocenters. The number of hydrogen-bond donors (Lipinski definition) is 1. The zero-order valence-electron chi connectivity index (χ0n) is 9.56. The molecule has 1 aromatic carbocycles. The van der Waals surface area contributed by atoms with Crippen molar-refractivity contribution in [2.24, 2.45) is 12.8 Å². The van der Waals surface area contributed by atoms with Gasteiger partial charge in [0.2, 0.25) is 0 Å². The first-order chi connectivity index (χ1) is 8.19. The molecule has 0 saturated carbocycles. The van der Waals surface area contributed by atoms with Crippen LogP contribution in [0.3, 0.4) is 0 Å². The predicted molar refractivity (Wildman–Crippen MR) is 66.5 cm³/mol. The molecule has 0 saturated heterocycles. The molecule has 0 bridgehead atoms. The summed E-state index contributed by atoms with van der Waals surface area (Å²) in [6.45, 7) is 0.518. The molecule has 0 spiro atoms. The Hall–Kier alpha value is -1.33. The third kappa shape index (κ3) is 3.08. The number of nitrogens with two attached hydrogens (primary N) is 1. The standard InChI is InChI=1S/C12H14FN3S/c1-16-8-11(7-15-16)17-12-3-2-10(13)6-9(12)4-5-14/h2-3,6-8H,4-5,14H2,1H3. The molecule has 17 heavy (non-hydrogen) atoms. The summed E-state index contributed by atoms with van der Waals surface area (Å²) >= 11 is 1.58. The average molecular weight is 251 g/mol. The van der Waals surface area contributed by atoms with E-state index in [1.54, 1.807) is 34.8 Å². The van der Waals surface area contributed by atoms with Gasteiger partial charge in [0.25, 0.3) is 0 Å². The minimum absolute atomic E-state index is 0.219. The Morgan fingerprint density at radius 1 is 1.47 bits per heavy atom. The highest BCUT2D eigenvalue weighted by Gasteiger charge is 2.06. The maximum atomic E-state index is 13.1. The molecule has 2 aromatic rings. The van der Waals surface area contributed by atoms with E-state index in [-0.39, 0.29) is 5.82 Å². The van der Waals surface area contributed by atoms with Crippen LogP contribution in [0.1, 0.15) is 5.56 Å². The van der Waals surface area contributed by atoms with Crippen molar-refractivity contribution in [2.45, 2.75) is 16.2 Å². The lowest BCUT2D eigenvalue weighted by atomic mass is 10.1. The van der Waals surface area contributed by atoms with Crippen LogP contribution in [-0.4, -0.2) is 16.3 Å². The van der Waals surface area contributed by atoms with E-state index in [1.807, 2.05) is 13.2 Å². The zero-order valence-corrected chi connectivity index (χ0v) is 10.4. The van der Waals surface area contributed by atoms with Crippen LogP contribution < -0.4 is 5.73 Å². The fourth-order valence-electron chi connectivity index (χ4n) is 1.58. The average Bonchev–Trinajstić information content (AvgIpc) is 2.69. The van der Waals surface area contributed by atoms with Crippen LogP contribution >= 0.6 is 11.8 Å². The van der Waals surface area contributed by atoms with Gasteiger partial charge in [-0.3, -0.25) is 4.68 Å². The molecule has 90 valence electrons. The fourth-order valence-corrected chi connectivity index (χ4v) is 2.56. The first-order valence-corrected chi connectivity index (χ1v) is 6.15. The van der Waals surface area contributed by atoms with Crippen LogP contribution in [0.15, 0.2) is 40.4 Å². The highest BCUT2D eigenvalue weighted by molar-refractivity contribution is 7.99. The quantitative estimate of drug-likeness (QED) is 0.906. The maximum absolute atomic E-state index is 13.1. The van der Waals surface area contributed by atoms with Crippen LogP contribution in [0.2, 0.25) is 0 Å². The molecule has 2 rings (SSSR count). The Balaban J connectivity index is 2.25. The van der Waals surface area contributed by atoms with Crippen molar-refractivity contribution in [2.75, 3.05) is 6.54 Å². The van der Waals surface area contributed by atoms with E-state index in [0.717, 1.165) is 15.4 Å². The van der Waals surface area contributed by atoms with E-state index in [0.29, 0.717) is 13.0 Å². The molecule has 0 aliphatic rings. The summed E-state index contributed by atoms with van der Waals surface area (Å²) in [6, 6.07) is 4.81. The maximum Gasteiger partial charge on any atom is 0.123 e. The van der Waals surface area contributed by atoms with Gasteiger partial charge in [0.15, 0.2) is 0 Å². The molecule has 0 fully saturated rings. The lowest BCUT2D eigenvalue weighted by molar-refractivity contribution is 0.623. The summed E-state index contributed by atoms with van der Waals surface area (Å²) in [5.41, 5.74) is 6.47. The molecular weight excluding hydrogens is 237 g/mol. The van der Waals surface area contributed by atoms with Gasteiger partial charge in [0, 0.05) is 18.1 Å². The Morgan fingerprint density at radius 2 is 2.29 bits per heavy atom. The second-order valence-corrected chi connectivity index (χ2v) is 4.86. The van der Waals surface area contributed by atoms with Gasteiger partial charge in [0.05, 0.1) is 11.1 Å². The Kier molecular flexibility index (Phi) is 3.81. The minimum Gasteiger partial charge on any atom is -0.330 e. The number of halogens is 1. The fraction of sp³-hybridized carbons (Fsp3) is 0.250. The van der Waals surface area contributed by atoms with E-state index >= 15 is 0 Å². The third-order valence-corrected chi connectivity index (χ3v) is 3.41. The molecular formula is C12H14FN3S. The highest BCUT2D eigenvalue weighted by atomic mass is 32.2. The molecule has 3 nitrogen and oxygen atoms in total. The Bertz CT molecular complexity index is 510. The monoisotopic (exact) mass is 251 g/mol. The Labute approximate surface area is 104 Å². The predicted octanol–water partition coefficient (Wildman–Crippen LogP) is 2.21. The van der Waals surface area contributed by atoms with Gasteiger partial charge in [0.1, 0.15) is 5.82 Å². The topological polar surface area (TPSA) is 43.8 Å². The molecule has 1 aromatic heterocycles. The highest BCUT2D eigenvalue weighted by Crippen LogP contribution is 2.30. The summed E-state index contributed by atoms with van der Waals surface area (Å²) < 4.78 is 14.9. The van der Waals surface area contributed by atoms with E-state index in [1.165, 1.54) is 6.07 Å². The number of rotatable bonds is 4. The summed E-state index contributed by atoms with van der Waals surface area (Å²) in [4.78, 5) is 2.07. The lowest BCUT2D eigenvalue weighted by Crippen LogP contribution is -2.04. The van der Waals surface area contributed by atoms with Crippen molar-refractivity contribution in [1.82, 2.24) is 9.78 Å². The van der Waals surface area contributed by atoms with Crippen LogP contribution in [0.4, 0.5) is 4.39 Å². The van der Waals surface area contributed by atoms with E-state index < -0.39 is 0 Å². The number of nitrogens with zero attached hydrogens (tertiary/aromatic N) is 2. The van der Waals surface area contributed by atoms with Crippen LogP contribution in [0.25, 0.3) is 0 Å². The first-order valence-electron chi connectivity index (χ1n) is 5.34. The number of benzene rings is 1. The van der Waals surface area contributed by atoms with Gasteiger partial charge >= 0.3 is 0 Å². The normalized spacial score (nSPS) is 10.8. The smallest absolute Gasteiger partial charge is 0.123 e. The second-order valence-electron chi connectivity index (χ2n) is 3.74. The summed E-state index contributed by atoms with van der Waals surface area (Å²) in [7, 11) is 1.87. The molecule has 0 amide bonds. The third-order valence-electron chi connectivity index (χ3n) is 2.35. The van der Waals surface area contributed by atoms with Crippen molar-refractivity contribution in [3.05, 3.63) is 42.0 Å². The van der Waals surface area contributed by atoms with Crippen molar-refractivity contribution in [3.8, 4) is 0 Å². The van der Waals surface area contributed by atoms with Crippen molar-refractivity contribution >= 4 is 11.8 Å². The van der Waals surface area contributed by atoms with Gasteiger partial charge in [-0.15, -0.1) is 0 Å². The minimum atomic E-state index is -0.219. The summed E-state index contributed by atoms with van der Waals surface area (Å²) in [6.07, 6.45) is 4.40. The molecule has 0 radical (unpaired) electrons. The van der Waals surface area contributed by atoms with E-state index in [4.69, 9.17) is 5.73 Å². The number of aryl methyl sites for hydroxylation is 1. The van der Waals surface area contributed by atoms with Gasteiger partial charge < -0.3 is 5.73 Å². The SMILES string of the molecule is Cn1cc(Sc2ccc(F)cc2CCN)cn1. The van der Waals surface area contributed by atoms with Crippen LogP contribution in [-0.2, 0) is 13.5 Å². The molecule has 2 N–H and O–H groups in total. The largest absolute Gasteiger partial charge is 0.330 e. The van der Waals surface area contributed by atoms with Gasteiger partial charge in [-0.25, -0.2) is 4.39 Å². The molecule has 5 heteroatoms. The molecule has 0 unspecified atom stereocenters. The zero-order chi connectivity index (χ0) is 12.3. The second kappa shape index (κ2) is 5.33. The van der Waals surface area contributed by atoms with Crippen molar-refractivity contribution < 1.29 is 4.39 Å². The van der Waals surface area contributed by atoms with Crippen molar-refractivity contribution in [1.29, 1.82) is 0 Å². The van der Waals surface area contributed by atoms with Crippen molar-refractivity contribution in [3.63, 3.8) is 0 Å². The van der Waals surface area contributed by atoms with Crippen LogP contribution in [0.5, 0.6) is 0 Å². The lowest BCUT2D eigenvalue weighted by Gasteiger charge is -2.07. The summed E-state index contributed by atoms with van der Waals surface area (Å²) in [5, 5.41) is 4.10. The molecule has 1 heterocycles. The van der Waals surface area contributed by atoms with E-state index in [9.17, 15) is 4.39 Å². The number of aromatic nitrogens is 2. The number of hydrogen-bond acceptors (Lipinski definition) is 3. The van der Waals surface area contributed by atoms with E-state index in [2.05, 4.69) is 5.10 Å². The van der Waals surface area contributed by atoms with Gasteiger partial charge in [-0.1, -0.05) is 11.8 Å². The summed E-state index contributed by atoms with van der Waals surface area (Å²) in [5.74, 6) is -0.219. The van der Waals surface area contributed by atoms with Gasteiger partial charge in [-0.05, 0) is 36.7 Å². The van der Waals surface area contributed by atoms with Crippen LogP contribution in [0, 0.1) is 5.82 Å². The molecule has 0 aliphatic heterocycles. The Morgan fingerprint density at radius 3 is 2.94 bits per heavy atom. The molecule has 0 aliphatic carbocycles. The first kappa shape index (κ1) is 12.1.